The fraction of sp³-hybridized carbons (Fsp3) is 0.438. The highest BCUT2D eigenvalue weighted by atomic mass is 16.5. The molecule has 1 fully saturated rings. The Morgan fingerprint density at radius 2 is 2.04 bits per heavy atom. The molecule has 1 saturated heterocycles. The van der Waals surface area contributed by atoms with E-state index in [1.165, 1.54) is 4.90 Å². The first kappa shape index (κ1) is 17.7. The number of benzene rings is 1. The highest BCUT2D eigenvalue weighted by Crippen LogP contribution is 2.18. The second-order valence-electron chi connectivity index (χ2n) is 5.63. The van der Waals surface area contributed by atoms with Crippen molar-refractivity contribution in [2.45, 2.75) is 38.5 Å². The summed E-state index contributed by atoms with van der Waals surface area (Å²) >= 11 is 0. The summed E-state index contributed by atoms with van der Waals surface area (Å²) in [6.45, 7) is 2.14. The van der Waals surface area contributed by atoms with Crippen LogP contribution in [0.3, 0.4) is 0 Å². The Morgan fingerprint density at radius 3 is 2.71 bits per heavy atom. The number of nitrogens with one attached hydrogen (secondary N) is 2. The van der Waals surface area contributed by atoms with Crippen LogP contribution >= 0.6 is 0 Å². The van der Waals surface area contributed by atoms with Crippen molar-refractivity contribution < 1.29 is 19.1 Å². The van der Waals surface area contributed by atoms with Crippen LogP contribution in [0, 0.1) is 0 Å². The molecule has 24 heavy (non-hydrogen) atoms. The summed E-state index contributed by atoms with van der Waals surface area (Å²) in [5, 5.41) is 2.49. The first-order valence-corrected chi connectivity index (χ1v) is 7.81. The third kappa shape index (κ3) is 4.45. The van der Waals surface area contributed by atoms with Crippen molar-refractivity contribution >= 4 is 17.9 Å². The molecule has 2 rings (SSSR count). The molecular weight excluding hydrogens is 312 g/mol. The van der Waals surface area contributed by atoms with Crippen molar-refractivity contribution in [3.05, 3.63) is 35.9 Å². The van der Waals surface area contributed by atoms with E-state index in [-0.39, 0.29) is 12.5 Å². The molecule has 0 unspecified atom stereocenters. The van der Waals surface area contributed by atoms with Gasteiger partial charge in [0.25, 0.3) is 5.91 Å². The van der Waals surface area contributed by atoms with Crippen LogP contribution in [-0.2, 0) is 20.9 Å². The number of hydrogen-bond donors (Lipinski definition) is 3. The van der Waals surface area contributed by atoms with Crippen molar-refractivity contribution in [3.8, 4) is 0 Å². The van der Waals surface area contributed by atoms with Gasteiger partial charge in [-0.25, -0.2) is 10.6 Å². The van der Waals surface area contributed by atoms with Gasteiger partial charge in [-0.05, 0) is 25.3 Å². The fourth-order valence-corrected chi connectivity index (χ4v) is 2.65. The van der Waals surface area contributed by atoms with Gasteiger partial charge in [0.2, 0.25) is 5.91 Å². The van der Waals surface area contributed by atoms with Crippen LogP contribution in [0.25, 0.3) is 0 Å². The van der Waals surface area contributed by atoms with E-state index in [2.05, 4.69) is 10.7 Å². The lowest BCUT2D eigenvalue weighted by atomic mass is 10.2. The molecule has 0 radical (unpaired) electrons. The summed E-state index contributed by atoms with van der Waals surface area (Å²) in [5.74, 6) is 4.40. The maximum absolute atomic E-state index is 12.4. The van der Waals surface area contributed by atoms with Crippen LogP contribution in [0.1, 0.15) is 25.3 Å². The second-order valence-corrected chi connectivity index (χ2v) is 5.63. The topological polar surface area (TPSA) is 114 Å². The van der Waals surface area contributed by atoms with Crippen LogP contribution in [0.15, 0.2) is 30.3 Å². The van der Waals surface area contributed by atoms with E-state index in [1.807, 2.05) is 30.3 Å². The quantitative estimate of drug-likeness (QED) is 0.407. The zero-order chi connectivity index (χ0) is 17.5. The summed E-state index contributed by atoms with van der Waals surface area (Å²) in [5.41, 5.74) is 2.92. The summed E-state index contributed by atoms with van der Waals surface area (Å²) in [7, 11) is 0. The molecular formula is C16H22N4O4. The summed E-state index contributed by atoms with van der Waals surface area (Å²) < 4.78 is 5.09. The number of hydrazine groups is 1. The third-order valence-corrected chi connectivity index (χ3v) is 3.90. The molecule has 8 heteroatoms. The van der Waals surface area contributed by atoms with E-state index < -0.39 is 24.1 Å². The Hall–Kier alpha value is -2.61. The van der Waals surface area contributed by atoms with Crippen LogP contribution in [0.4, 0.5) is 4.79 Å². The Balaban J connectivity index is 1.84. The molecule has 0 saturated carbocycles. The van der Waals surface area contributed by atoms with Crippen molar-refractivity contribution in [2.75, 3.05) is 6.54 Å². The normalized spacial score (nSPS) is 17.9. The standard InChI is InChI=1S/C16H22N4O4/c1-11(15(22)20-9-5-8-13(20)14(21)19-17)18-16(23)24-10-12-6-3-2-4-7-12/h2-4,6-7,11,13H,5,8-10,17H2,1H3,(H,18,23)(H,19,21)/t11-,13-/m0/s1. The van der Waals surface area contributed by atoms with Crippen LogP contribution in [-0.4, -0.2) is 41.4 Å². The predicted octanol–water partition coefficient (Wildman–Crippen LogP) is 0.282. The number of nitrogens with two attached hydrogens (primary N) is 1. The van der Waals surface area contributed by atoms with E-state index in [0.29, 0.717) is 13.0 Å². The lowest BCUT2D eigenvalue weighted by Gasteiger charge is -2.26. The largest absolute Gasteiger partial charge is 0.445 e. The maximum atomic E-state index is 12.4. The van der Waals surface area contributed by atoms with Crippen LogP contribution in [0.2, 0.25) is 0 Å². The van der Waals surface area contributed by atoms with Gasteiger partial charge >= 0.3 is 6.09 Å². The number of carbonyl (C=O) groups excluding carboxylic acids is 3. The Kier molecular flexibility index (Phi) is 6.14. The summed E-state index contributed by atoms with van der Waals surface area (Å²) in [6.07, 6.45) is 0.591. The van der Waals surface area contributed by atoms with Gasteiger partial charge in [0, 0.05) is 6.54 Å². The van der Waals surface area contributed by atoms with Gasteiger partial charge in [-0.15, -0.1) is 0 Å². The molecule has 4 N–H and O–H groups in total. The second kappa shape index (κ2) is 8.30. The number of likely N-dealkylation sites (tertiary alicyclic amines) is 1. The van der Waals surface area contributed by atoms with Crippen molar-refractivity contribution in [3.63, 3.8) is 0 Å². The SMILES string of the molecule is C[C@H](NC(=O)OCc1ccccc1)C(=O)N1CCC[C@H]1C(=O)NN. The number of hydrogen-bond acceptors (Lipinski definition) is 5. The van der Waals surface area contributed by atoms with Gasteiger partial charge in [0.05, 0.1) is 0 Å². The number of nitrogens with zero attached hydrogens (tertiary/aromatic N) is 1. The lowest BCUT2D eigenvalue weighted by Crippen LogP contribution is -2.53. The van der Waals surface area contributed by atoms with E-state index >= 15 is 0 Å². The number of ether oxygens (including phenoxy) is 1. The molecule has 130 valence electrons. The van der Waals surface area contributed by atoms with E-state index in [4.69, 9.17) is 10.6 Å². The summed E-state index contributed by atoms with van der Waals surface area (Å²) in [4.78, 5) is 37.4. The zero-order valence-electron chi connectivity index (χ0n) is 13.5. The maximum Gasteiger partial charge on any atom is 0.408 e. The molecule has 0 aliphatic carbocycles. The average molecular weight is 334 g/mol. The lowest BCUT2D eigenvalue weighted by molar-refractivity contribution is -0.139. The molecule has 2 atom stereocenters. The van der Waals surface area contributed by atoms with Crippen molar-refractivity contribution in [1.29, 1.82) is 0 Å². The molecule has 8 nitrogen and oxygen atoms in total. The molecule has 3 amide bonds. The monoisotopic (exact) mass is 334 g/mol. The van der Waals surface area contributed by atoms with Gasteiger partial charge in [-0.1, -0.05) is 30.3 Å². The molecule has 1 aromatic carbocycles. The van der Waals surface area contributed by atoms with Crippen LogP contribution in [0.5, 0.6) is 0 Å². The molecule has 1 heterocycles. The van der Waals surface area contributed by atoms with Crippen molar-refractivity contribution in [2.24, 2.45) is 5.84 Å². The number of amides is 3. The minimum atomic E-state index is -0.792. The minimum Gasteiger partial charge on any atom is -0.445 e. The third-order valence-electron chi connectivity index (χ3n) is 3.90. The minimum absolute atomic E-state index is 0.121. The fourth-order valence-electron chi connectivity index (χ4n) is 2.65. The molecule has 0 bridgehead atoms. The zero-order valence-corrected chi connectivity index (χ0v) is 13.5. The van der Waals surface area contributed by atoms with Gasteiger partial charge in [0.15, 0.2) is 0 Å². The average Bonchev–Trinajstić information content (AvgIpc) is 3.09. The molecule has 0 spiro atoms. The number of carbonyl (C=O) groups is 3. The first-order valence-electron chi connectivity index (χ1n) is 7.81. The van der Waals surface area contributed by atoms with E-state index in [9.17, 15) is 14.4 Å². The summed E-state index contributed by atoms with van der Waals surface area (Å²) in [6, 6.07) is 7.85. The predicted molar refractivity (Wildman–Crippen MR) is 86.3 cm³/mol. The number of rotatable bonds is 5. The van der Waals surface area contributed by atoms with Gasteiger partial charge in [0.1, 0.15) is 18.7 Å². The molecule has 0 aromatic heterocycles. The van der Waals surface area contributed by atoms with Crippen molar-refractivity contribution in [1.82, 2.24) is 15.6 Å². The molecule has 1 aliphatic rings. The number of alkyl carbamates (subject to hydrolysis) is 1. The van der Waals surface area contributed by atoms with Gasteiger partial charge < -0.3 is 15.0 Å². The Morgan fingerprint density at radius 1 is 1.33 bits per heavy atom. The highest BCUT2D eigenvalue weighted by Gasteiger charge is 2.36. The van der Waals surface area contributed by atoms with E-state index in [1.54, 1.807) is 6.92 Å². The highest BCUT2D eigenvalue weighted by molar-refractivity contribution is 5.91. The Bertz CT molecular complexity index is 593. The smallest absolute Gasteiger partial charge is 0.408 e. The van der Waals surface area contributed by atoms with E-state index in [0.717, 1.165) is 12.0 Å². The first-order chi connectivity index (χ1) is 11.5. The molecule has 1 aromatic rings. The van der Waals surface area contributed by atoms with Gasteiger partial charge in [-0.3, -0.25) is 15.0 Å². The molecule has 1 aliphatic heterocycles. The van der Waals surface area contributed by atoms with Crippen LogP contribution < -0.4 is 16.6 Å². The van der Waals surface area contributed by atoms with Gasteiger partial charge in [-0.2, -0.15) is 0 Å². The Labute approximate surface area is 140 Å².